The summed E-state index contributed by atoms with van der Waals surface area (Å²) in [5.41, 5.74) is 0.690. The van der Waals surface area contributed by atoms with Gasteiger partial charge in [0.05, 0.1) is 5.69 Å². The van der Waals surface area contributed by atoms with E-state index in [1.54, 1.807) is 18.2 Å². The Bertz CT molecular complexity index is 889. The van der Waals surface area contributed by atoms with Crippen molar-refractivity contribution in [3.05, 3.63) is 65.5 Å². The molecule has 0 spiro atoms. The van der Waals surface area contributed by atoms with Crippen LogP contribution in [0, 0.1) is 6.92 Å². The summed E-state index contributed by atoms with van der Waals surface area (Å²) in [5.74, 6) is 0.804. The zero-order chi connectivity index (χ0) is 18.7. The number of benzene rings is 1. The van der Waals surface area contributed by atoms with Crippen molar-refractivity contribution >= 4 is 0 Å². The fourth-order valence-electron chi connectivity index (χ4n) is 2.18. The first-order valence-electron chi connectivity index (χ1n) is 7.76. The van der Waals surface area contributed by atoms with Crippen molar-refractivity contribution in [1.29, 1.82) is 0 Å². The molecular formula is C18H16F3N3O2. The van der Waals surface area contributed by atoms with Crippen molar-refractivity contribution in [3.63, 3.8) is 0 Å². The molecule has 8 heteroatoms. The van der Waals surface area contributed by atoms with Gasteiger partial charge in [-0.05, 0) is 25.1 Å². The summed E-state index contributed by atoms with van der Waals surface area (Å²) in [4.78, 5) is 4.24. The van der Waals surface area contributed by atoms with Gasteiger partial charge < -0.3 is 9.47 Å². The third-order valence-corrected chi connectivity index (χ3v) is 3.53. The second-order valence-electron chi connectivity index (χ2n) is 5.66. The van der Waals surface area contributed by atoms with Gasteiger partial charge in [0, 0.05) is 19.2 Å². The fraction of sp³-hybridized carbons (Fsp3) is 0.222. The number of nitrogens with zero attached hydrogens (tertiary/aromatic N) is 3. The van der Waals surface area contributed by atoms with Crippen LogP contribution in [0.4, 0.5) is 13.2 Å². The average Bonchev–Trinajstić information content (AvgIpc) is 2.96. The minimum Gasteiger partial charge on any atom is -0.487 e. The topological polar surface area (TPSA) is 49.2 Å². The molecule has 0 amide bonds. The molecule has 0 atom stereocenters. The summed E-state index contributed by atoms with van der Waals surface area (Å²) in [5, 5.41) is 3.40. The Kier molecular flexibility index (Phi) is 4.83. The van der Waals surface area contributed by atoms with Gasteiger partial charge in [-0.2, -0.15) is 18.3 Å². The predicted molar refractivity (Wildman–Crippen MR) is 88.0 cm³/mol. The normalized spacial score (nSPS) is 11.4. The summed E-state index contributed by atoms with van der Waals surface area (Å²) in [6.07, 6.45) is -4.53. The Hall–Kier alpha value is -3.03. The number of halogens is 3. The lowest BCUT2D eigenvalue weighted by molar-refractivity contribution is -0.141. The van der Waals surface area contributed by atoms with Crippen LogP contribution < -0.4 is 9.47 Å². The van der Waals surface area contributed by atoms with E-state index in [0.717, 1.165) is 16.3 Å². The quantitative estimate of drug-likeness (QED) is 0.669. The maximum absolute atomic E-state index is 12.7. The number of aryl methyl sites for hydroxylation is 2. The van der Waals surface area contributed by atoms with E-state index in [1.165, 1.54) is 7.05 Å². The molecule has 136 valence electrons. The van der Waals surface area contributed by atoms with Crippen LogP contribution in [0.25, 0.3) is 0 Å². The van der Waals surface area contributed by atoms with Gasteiger partial charge in [0.15, 0.2) is 5.69 Å². The molecule has 1 aromatic carbocycles. The smallest absolute Gasteiger partial charge is 0.435 e. The molecule has 0 N–H and O–H groups in total. The van der Waals surface area contributed by atoms with E-state index >= 15 is 0 Å². The monoisotopic (exact) mass is 363 g/mol. The molecule has 0 unspecified atom stereocenters. The van der Waals surface area contributed by atoms with Gasteiger partial charge in [0.1, 0.15) is 12.4 Å². The number of pyridine rings is 1. The zero-order valence-corrected chi connectivity index (χ0v) is 14.1. The molecule has 0 aliphatic rings. The van der Waals surface area contributed by atoms with Crippen molar-refractivity contribution in [1.82, 2.24) is 14.8 Å². The zero-order valence-electron chi connectivity index (χ0n) is 14.1. The van der Waals surface area contributed by atoms with Crippen LogP contribution in [-0.4, -0.2) is 14.8 Å². The first-order chi connectivity index (χ1) is 12.3. The fourth-order valence-corrected chi connectivity index (χ4v) is 2.18. The Balaban J connectivity index is 1.69. The number of ether oxygens (including phenoxy) is 2. The highest BCUT2D eigenvalue weighted by molar-refractivity contribution is 5.27. The summed E-state index contributed by atoms with van der Waals surface area (Å²) < 4.78 is 50.2. The number of alkyl halides is 3. The van der Waals surface area contributed by atoms with Crippen LogP contribution in [-0.2, 0) is 19.8 Å². The standard InChI is InChI=1S/C18H16F3N3O2/c1-12-6-8-14(9-7-12)25-11-13-4-3-5-16(22-13)26-17-10-15(18(19,20)21)23-24(17)2/h3-10H,11H2,1-2H3. The van der Waals surface area contributed by atoms with Gasteiger partial charge in [0.2, 0.25) is 11.8 Å². The van der Waals surface area contributed by atoms with E-state index in [4.69, 9.17) is 9.47 Å². The van der Waals surface area contributed by atoms with Crippen molar-refractivity contribution in [3.8, 4) is 17.5 Å². The summed E-state index contributed by atoms with van der Waals surface area (Å²) >= 11 is 0. The summed E-state index contributed by atoms with van der Waals surface area (Å²) in [7, 11) is 1.37. The lowest BCUT2D eigenvalue weighted by Gasteiger charge is -2.08. The van der Waals surface area contributed by atoms with Crippen LogP contribution in [0.2, 0.25) is 0 Å². The van der Waals surface area contributed by atoms with Gasteiger partial charge >= 0.3 is 6.18 Å². The Morgan fingerprint density at radius 2 is 1.81 bits per heavy atom. The molecule has 3 rings (SSSR count). The highest BCUT2D eigenvalue weighted by atomic mass is 19.4. The minimum absolute atomic E-state index is 0.0542. The second kappa shape index (κ2) is 7.07. The number of rotatable bonds is 5. The third-order valence-electron chi connectivity index (χ3n) is 3.53. The molecule has 0 radical (unpaired) electrons. The van der Waals surface area contributed by atoms with Crippen molar-refractivity contribution in [2.24, 2.45) is 7.05 Å². The van der Waals surface area contributed by atoms with Crippen molar-refractivity contribution in [2.45, 2.75) is 19.7 Å². The first kappa shape index (κ1) is 17.8. The van der Waals surface area contributed by atoms with Gasteiger partial charge in [-0.3, -0.25) is 0 Å². The van der Waals surface area contributed by atoms with Gasteiger partial charge in [-0.15, -0.1) is 0 Å². The average molecular weight is 363 g/mol. The molecule has 2 heterocycles. The SMILES string of the molecule is Cc1ccc(OCc2cccc(Oc3cc(C(F)(F)F)nn3C)n2)cc1. The van der Waals surface area contributed by atoms with Gasteiger partial charge in [-0.1, -0.05) is 23.8 Å². The van der Waals surface area contributed by atoms with Crippen LogP contribution in [0.3, 0.4) is 0 Å². The summed E-state index contributed by atoms with van der Waals surface area (Å²) in [6.45, 7) is 2.19. The highest BCUT2D eigenvalue weighted by Crippen LogP contribution is 2.31. The van der Waals surface area contributed by atoms with E-state index in [-0.39, 0.29) is 18.4 Å². The Labute approximate surface area is 148 Å². The molecule has 5 nitrogen and oxygen atoms in total. The molecule has 0 bridgehead atoms. The molecule has 0 aliphatic carbocycles. The van der Waals surface area contributed by atoms with Crippen LogP contribution in [0.1, 0.15) is 17.0 Å². The van der Waals surface area contributed by atoms with Crippen LogP contribution >= 0.6 is 0 Å². The molecule has 0 saturated heterocycles. The number of aromatic nitrogens is 3. The predicted octanol–water partition coefficient (Wildman–Crippen LogP) is 4.51. The van der Waals surface area contributed by atoms with Gasteiger partial charge in [-0.25, -0.2) is 9.67 Å². The van der Waals surface area contributed by atoms with Crippen molar-refractivity contribution in [2.75, 3.05) is 0 Å². The van der Waals surface area contributed by atoms with E-state index in [0.29, 0.717) is 11.4 Å². The number of hydrogen-bond donors (Lipinski definition) is 0. The first-order valence-corrected chi connectivity index (χ1v) is 7.76. The maximum Gasteiger partial charge on any atom is 0.435 e. The molecular weight excluding hydrogens is 347 g/mol. The summed E-state index contributed by atoms with van der Waals surface area (Å²) in [6, 6.07) is 13.4. The van der Waals surface area contributed by atoms with Crippen LogP contribution in [0.5, 0.6) is 17.5 Å². The molecule has 3 aromatic rings. The largest absolute Gasteiger partial charge is 0.487 e. The van der Waals surface area contributed by atoms with Crippen LogP contribution in [0.15, 0.2) is 48.5 Å². The lowest BCUT2D eigenvalue weighted by atomic mass is 10.2. The van der Waals surface area contributed by atoms with E-state index in [2.05, 4.69) is 10.1 Å². The molecule has 0 aliphatic heterocycles. The molecule has 0 fully saturated rings. The van der Waals surface area contributed by atoms with Crippen molar-refractivity contribution < 1.29 is 22.6 Å². The Morgan fingerprint density at radius 1 is 1.08 bits per heavy atom. The second-order valence-corrected chi connectivity index (χ2v) is 5.66. The minimum atomic E-state index is -4.53. The van der Waals surface area contributed by atoms with E-state index < -0.39 is 11.9 Å². The lowest BCUT2D eigenvalue weighted by Crippen LogP contribution is -2.06. The maximum atomic E-state index is 12.7. The van der Waals surface area contributed by atoms with Gasteiger partial charge in [0.25, 0.3) is 0 Å². The molecule has 0 saturated carbocycles. The molecule has 2 aromatic heterocycles. The van der Waals surface area contributed by atoms with E-state index in [1.807, 2.05) is 31.2 Å². The third kappa shape index (κ3) is 4.33. The highest BCUT2D eigenvalue weighted by Gasteiger charge is 2.35. The Morgan fingerprint density at radius 3 is 2.46 bits per heavy atom. The number of hydrogen-bond acceptors (Lipinski definition) is 4. The van der Waals surface area contributed by atoms with E-state index in [9.17, 15) is 13.2 Å². The molecule has 26 heavy (non-hydrogen) atoms.